The normalized spacial score (nSPS) is 14.1. The summed E-state index contributed by atoms with van der Waals surface area (Å²) in [5.41, 5.74) is 2.08. The van der Waals surface area contributed by atoms with Gasteiger partial charge in [-0.25, -0.2) is 4.68 Å². The molecule has 0 atom stereocenters. The van der Waals surface area contributed by atoms with E-state index >= 15 is 0 Å². The number of pyridine rings is 1. The molecule has 0 amide bonds. The van der Waals surface area contributed by atoms with Gasteiger partial charge in [-0.2, -0.15) is 5.10 Å². The van der Waals surface area contributed by atoms with Gasteiger partial charge in [0.1, 0.15) is 0 Å². The average molecular weight is 420 g/mol. The van der Waals surface area contributed by atoms with E-state index < -0.39 is 0 Å². The van der Waals surface area contributed by atoms with Crippen LogP contribution in [0.5, 0.6) is 0 Å². The molecule has 4 rings (SSSR count). The van der Waals surface area contributed by atoms with Crippen molar-refractivity contribution in [3.05, 3.63) is 63.1 Å². The number of benzene rings is 1. The Labute approximate surface area is 173 Å². The average Bonchev–Trinajstić information content (AvgIpc) is 3.44. The lowest BCUT2D eigenvalue weighted by molar-refractivity contribution is 0.244. The number of hydrogen-bond donors (Lipinski definition) is 0. The van der Waals surface area contributed by atoms with Crippen molar-refractivity contribution in [2.75, 3.05) is 7.05 Å². The molecule has 1 aliphatic carbocycles. The Kier molecular flexibility index (Phi) is 5.32. The lowest BCUT2D eigenvalue weighted by atomic mass is 10.2. The van der Waals surface area contributed by atoms with Gasteiger partial charge in [-0.1, -0.05) is 29.3 Å². The van der Waals surface area contributed by atoms with Gasteiger partial charge in [0.2, 0.25) is 0 Å². The van der Waals surface area contributed by atoms with Crippen LogP contribution in [0.15, 0.2) is 42.7 Å². The third-order valence-corrected chi connectivity index (χ3v) is 5.66. The summed E-state index contributed by atoms with van der Waals surface area (Å²) in [5.74, 6) is 0.888. The highest BCUT2D eigenvalue weighted by Crippen LogP contribution is 2.38. The lowest BCUT2D eigenvalue weighted by Crippen LogP contribution is -2.22. The molecule has 1 aromatic carbocycles. The van der Waals surface area contributed by atoms with Gasteiger partial charge in [-0.3, -0.25) is 14.5 Å². The summed E-state index contributed by atoms with van der Waals surface area (Å²) in [6.07, 6.45) is 5.89. The Morgan fingerprint density at radius 1 is 1.22 bits per heavy atom. The van der Waals surface area contributed by atoms with Crippen molar-refractivity contribution in [2.24, 2.45) is 0 Å². The molecule has 8 heteroatoms. The predicted molar refractivity (Wildman–Crippen MR) is 110 cm³/mol. The van der Waals surface area contributed by atoms with Crippen LogP contribution in [0.3, 0.4) is 0 Å². The standard InChI is InChI=1S/C19H19Cl2N5S/c1-24(11-13-4-7-16(20)17(21)9-13)12-25-19(27)26(15-5-6-15)18(23-25)14-3-2-8-22-10-14/h2-4,7-10,15H,5-6,11-12H2,1H3. The van der Waals surface area contributed by atoms with Crippen LogP contribution in [0, 0.1) is 4.77 Å². The van der Waals surface area contributed by atoms with Crippen LogP contribution in [-0.2, 0) is 13.2 Å². The molecule has 3 aromatic rings. The first-order valence-corrected chi connectivity index (χ1v) is 9.91. The molecule has 1 fully saturated rings. The van der Waals surface area contributed by atoms with Crippen LogP contribution in [0.2, 0.25) is 10.0 Å². The fourth-order valence-corrected chi connectivity index (χ4v) is 3.75. The number of rotatable bonds is 6. The number of halogens is 2. The molecule has 1 aliphatic rings. The van der Waals surface area contributed by atoms with Gasteiger partial charge in [-0.15, -0.1) is 0 Å². The van der Waals surface area contributed by atoms with Crippen molar-refractivity contribution >= 4 is 35.4 Å². The maximum absolute atomic E-state index is 6.12. The second-order valence-corrected chi connectivity index (χ2v) is 8.03. The van der Waals surface area contributed by atoms with E-state index in [1.165, 1.54) is 0 Å². The molecule has 0 radical (unpaired) electrons. The molecule has 0 unspecified atom stereocenters. The van der Waals surface area contributed by atoms with E-state index in [2.05, 4.69) is 14.5 Å². The van der Waals surface area contributed by atoms with E-state index in [-0.39, 0.29) is 0 Å². The number of aromatic nitrogens is 4. The largest absolute Gasteiger partial charge is 0.297 e. The first-order valence-electron chi connectivity index (χ1n) is 8.75. The molecular weight excluding hydrogens is 401 g/mol. The minimum atomic E-state index is 0.446. The third kappa shape index (κ3) is 4.09. The zero-order chi connectivity index (χ0) is 19.0. The van der Waals surface area contributed by atoms with Crippen LogP contribution in [0.1, 0.15) is 24.4 Å². The van der Waals surface area contributed by atoms with Crippen LogP contribution in [0.4, 0.5) is 0 Å². The Morgan fingerprint density at radius 3 is 2.70 bits per heavy atom. The van der Waals surface area contributed by atoms with Crippen molar-refractivity contribution in [1.29, 1.82) is 0 Å². The summed E-state index contributed by atoms with van der Waals surface area (Å²) >= 11 is 17.9. The summed E-state index contributed by atoms with van der Waals surface area (Å²) < 4.78 is 4.80. The molecule has 0 saturated heterocycles. The maximum atomic E-state index is 6.12. The van der Waals surface area contributed by atoms with Gasteiger partial charge in [0, 0.05) is 30.5 Å². The molecule has 0 N–H and O–H groups in total. The molecule has 2 aromatic heterocycles. The molecule has 2 heterocycles. The monoisotopic (exact) mass is 419 g/mol. The first-order chi connectivity index (χ1) is 13.0. The summed E-state index contributed by atoms with van der Waals surface area (Å²) in [4.78, 5) is 6.37. The SMILES string of the molecule is CN(Cc1ccc(Cl)c(Cl)c1)Cn1nc(-c2cccnc2)n(C2CC2)c1=S. The fraction of sp³-hybridized carbons (Fsp3) is 0.316. The Bertz CT molecular complexity index is 1010. The highest BCUT2D eigenvalue weighted by Gasteiger charge is 2.29. The smallest absolute Gasteiger partial charge is 0.199 e. The van der Waals surface area contributed by atoms with E-state index in [1.807, 2.05) is 48.3 Å². The van der Waals surface area contributed by atoms with E-state index in [9.17, 15) is 0 Å². The van der Waals surface area contributed by atoms with Crippen molar-refractivity contribution < 1.29 is 0 Å². The summed E-state index contributed by atoms with van der Waals surface area (Å²) in [6, 6.07) is 10.1. The highest BCUT2D eigenvalue weighted by molar-refractivity contribution is 7.71. The Morgan fingerprint density at radius 2 is 2.04 bits per heavy atom. The topological polar surface area (TPSA) is 38.9 Å². The van der Waals surface area contributed by atoms with Crippen molar-refractivity contribution in [1.82, 2.24) is 24.2 Å². The Hall–Kier alpha value is -1.73. The zero-order valence-electron chi connectivity index (χ0n) is 14.8. The molecular formula is C19H19Cl2N5S. The predicted octanol–water partition coefficient (Wildman–Crippen LogP) is 5.21. The van der Waals surface area contributed by atoms with Gasteiger partial charge in [0.15, 0.2) is 10.6 Å². The summed E-state index contributed by atoms with van der Waals surface area (Å²) in [5, 5.41) is 5.93. The highest BCUT2D eigenvalue weighted by atomic mass is 35.5. The molecule has 140 valence electrons. The molecule has 0 aliphatic heterocycles. The first kappa shape index (κ1) is 18.6. The van der Waals surface area contributed by atoms with E-state index in [0.717, 1.165) is 41.1 Å². The Balaban J connectivity index is 1.58. The number of hydrogen-bond acceptors (Lipinski definition) is 4. The fourth-order valence-electron chi connectivity index (χ4n) is 3.09. The van der Waals surface area contributed by atoms with Crippen LogP contribution < -0.4 is 0 Å². The van der Waals surface area contributed by atoms with E-state index in [4.69, 9.17) is 40.5 Å². The summed E-state index contributed by atoms with van der Waals surface area (Å²) in [7, 11) is 2.03. The van der Waals surface area contributed by atoms with Gasteiger partial charge >= 0.3 is 0 Å². The molecule has 0 bridgehead atoms. The van der Waals surface area contributed by atoms with Gasteiger partial charge in [-0.05, 0) is 61.9 Å². The maximum Gasteiger partial charge on any atom is 0.199 e. The molecule has 5 nitrogen and oxygen atoms in total. The lowest BCUT2D eigenvalue weighted by Gasteiger charge is -2.16. The van der Waals surface area contributed by atoms with E-state index in [1.54, 1.807) is 6.20 Å². The van der Waals surface area contributed by atoms with Crippen molar-refractivity contribution in [2.45, 2.75) is 32.1 Å². The molecule has 27 heavy (non-hydrogen) atoms. The van der Waals surface area contributed by atoms with Crippen LogP contribution >= 0.6 is 35.4 Å². The minimum Gasteiger partial charge on any atom is -0.297 e. The van der Waals surface area contributed by atoms with Crippen molar-refractivity contribution in [3.63, 3.8) is 0 Å². The summed E-state index contributed by atoms with van der Waals surface area (Å²) in [6.45, 7) is 1.31. The van der Waals surface area contributed by atoms with Crippen LogP contribution in [-0.4, -0.2) is 31.3 Å². The minimum absolute atomic E-state index is 0.446. The van der Waals surface area contributed by atoms with Gasteiger partial charge in [0.25, 0.3) is 0 Å². The molecule has 1 saturated carbocycles. The second-order valence-electron chi connectivity index (χ2n) is 6.85. The second kappa shape index (κ2) is 7.72. The number of nitrogens with zero attached hydrogens (tertiary/aromatic N) is 5. The quantitative estimate of drug-likeness (QED) is 0.514. The van der Waals surface area contributed by atoms with Gasteiger partial charge < -0.3 is 0 Å². The zero-order valence-corrected chi connectivity index (χ0v) is 17.2. The van der Waals surface area contributed by atoms with Crippen LogP contribution in [0.25, 0.3) is 11.4 Å². The van der Waals surface area contributed by atoms with Crippen molar-refractivity contribution in [3.8, 4) is 11.4 Å². The van der Waals surface area contributed by atoms with E-state index in [0.29, 0.717) is 22.8 Å². The van der Waals surface area contributed by atoms with Gasteiger partial charge in [0.05, 0.1) is 16.7 Å². The molecule has 0 spiro atoms. The third-order valence-electron chi connectivity index (χ3n) is 4.51.